The molecule has 1 unspecified atom stereocenters. The highest BCUT2D eigenvalue weighted by Gasteiger charge is 2.18. The van der Waals surface area contributed by atoms with Gasteiger partial charge in [0, 0.05) is 12.1 Å². The van der Waals surface area contributed by atoms with E-state index < -0.39 is 17.7 Å². The van der Waals surface area contributed by atoms with Gasteiger partial charge in [-0.3, -0.25) is 0 Å². The van der Waals surface area contributed by atoms with Crippen LogP contribution in [0.4, 0.5) is 13.6 Å². The molecule has 0 radical (unpaired) electrons. The van der Waals surface area contributed by atoms with Crippen LogP contribution in [0, 0.1) is 11.6 Å². The van der Waals surface area contributed by atoms with Crippen LogP contribution in [0.5, 0.6) is 0 Å². The molecule has 0 aliphatic rings. The topological polar surface area (TPSA) is 59.8 Å². The van der Waals surface area contributed by atoms with Crippen molar-refractivity contribution < 1.29 is 13.6 Å². The fourth-order valence-corrected chi connectivity index (χ4v) is 2.19. The minimum atomic E-state index is -0.887. The van der Waals surface area contributed by atoms with E-state index >= 15 is 0 Å². The van der Waals surface area contributed by atoms with Crippen molar-refractivity contribution in [1.29, 1.82) is 0 Å². The number of hydrogen-bond donors (Lipinski definition) is 1. The van der Waals surface area contributed by atoms with E-state index in [0.29, 0.717) is 6.07 Å². The van der Waals surface area contributed by atoms with Crippen LogP contribution < -0.4 is 5.32 Å². The van der Waals surface area contributed by atoms with E-state index in [1.165, 1.54) is 0 Å². The Morgan fingerprint density at radius 3 is 2.68 bits per heavy atom. The summed E-state index contributed by atoms with van der Waals surface area (Å²) in [6.45, 7) is 1.79. The average Bonchev–Trinajstić information content (AvgIpc) is 2.92. The number of benzene rings is 2. The summed E-state index contributed by atoms with van der Waals surface area (Å²) in [6, 6.07) is 10.1. The quantitative estimate of drug-likeness (QED) is 0.791. The monoisotopic (exact) mass is 302 g/mol. The normalized spacial score (nSPS) is 12.3. The minimum absolute atomic E-state index is 0.0139. The molecule has 7 heteroatoms. The summed E-state index contributed by atoms with van der Waals surface area (Å²) in [5.41, 5.74) is 0.728. The van der Waals surface area contributed by atoms with Gasteiger partial charge in [-0.1, -0.05) is 35.5 Å². The maximum atomic E-state index is 13.8. The molecule has 0 saturated carbocycles. The largest absolute Gasteiger partial charge is 0.344 e. The Morgan fingerprint density at radius 1 is 1.23 bits per heavy atom. The van der Waals surface area contributed by atoms with E-state index in [4.69, 9.17) is 0 Å². The molecule has 0 fully saturated rings. The summed E-state index contributed by atoms with van der Waals surface area (Å²) in [5.74, 6) is -1.65. The molecule has 3 aromatic rings. The Labute approximate surface area is 124 Å². The van der Waals surface area contributed by atoms with Gasteiger partial charge in [-0.05, 0) is 12.5 Å². The van der Waals surface area contributed by atoms with E-state index in [2.05, 4.69) is 15.6 Å². The van der Waals surface area contributed by atoms with Gasteiger partial charge in [0.15, 0.2) is 5.82 Å². The summed E-state index contributed by atoms with van der Waals surface area (Å²) in [5, 5.41) is 9.90. The lowest BCUT2D eigenvalue weighted by Gasteiger charge is -2.14. The molecule has 1 N–H and O–H groups in total. The van der Waals surface area contributed by atoms with Crippen molar-refractivity contribution in [3.05, 3.63) is 59.7 Å². The number of hydrogen-bond acceptors (Lipinski definition) is 3. The third-order valence-electron chi connectivity index (χ3n) is 3.29. The summed E-state index contributed by atoms with van der Waals surface area (Å²) in [6.07, 6.45) is 0. The number of amides is 1. The van der Waals surface area contributed by atoms with Crippen molar-refractivity contribution in [1.82, 2.24) is 20.3 Å². The smallest absolute Gasteiger partial charge is 0.330 e. The zero-order valence-corrected chi connectivity index (χ0v) is 11.6. The van der Waals surface area contributed by atoms with Crippen LogP contribution in [0.1, 0.15) is 18.5 Å². The van der Waals surface area contributed by atoms with Crippen molar-refractivity contribution in [2.75, 3.05) is 0 Å². The third-order valence-corrected chi connectivity index (χ3v) is 3.29. The zero-order chi connectivity index (χ0) is 15.7. The van der Waals surface area contributed by atoms with Crippen LogP contribution in [0.2, 0.25) is 0 Å². The van der Waals surface area contributed by atoms with Crippen molar-refractivity contribution >= 4 is 17.1 Å². The molecule has 5 nitrogen and oxygen atoms in total. The molecule has 0 aliphatic heterocycles. The molecular formula is C15H12F2N4O. The van der Waals surface area contributed by atoms with Crippen molar-refractivity contribution in [2.45, 2.75) is 13.0 Å². The van der Waals surface area contributed by atoms with Gasteiger partial charge in [-0.25, -0.2) is 13.6 Å². The molecule has 1 atom stereocenters. The highest BCUT2D eigenvalue weighted by molar-refractivity contribution is 5.88. The number of fused-ring (bicyclic) bond motifs is 1. The van der Waals surface area contributed by atoms with E-state index in [0.717, 1.165) is 16.3 Å². The maximum Gasteiger partial charge on any atom is 0.344 e. The van der Waals surface area contributed by atoms with Crippen LogP contribution in [0.15, 0.2) is 42.5 Å². The Kier molecular flexibility index (Phi) is 3.54. The Hall–Kier alpha value is -2.83. The van der Waals surface area contributed by atoms with Crippen molar-refractivity contribution in [2.24, 2.45) is 0 Å². The Bertz CT molecular complexity index is 832. The number of nitrogens with one attached hydrogen (secondary N) is 1. The highest BCUT2D eigenvalue weighted by Crippen LogP contribution is 2.18. The van der Waals surface area contributed by atoms with E-state index in [1.807, 2.05) is 30.3 Å². The molecule has 112 valence electrons. The van der Waals surface area contributed by atoms with E-state index in [-0.39, 0.29) is 17.1 Å². The van der Waals surface area contributed by atoms with Crippen molar-refractivity contribution in [3.63, 3.8) is 0 Å². The number of carbonyl (C=O) groups is 1. The molecule has 3 rings (SSSR count). The van der Waals surface area contributed by atoms with Crippen LogP contribution in [-0.4, -0.2) is 21.0 Å². The number of nitrogens with zero attached hydrogens (tertiary/aromatic N) is 3. The fraction of sp³-hybridized carbons (Fsp3) is 0.133. The van der Waals surface area contributed by atoms with Gasteiger partial charge in [-0.15, -0.1) is 5.10 Å². The first-order valence-electron chi connectivity index (χ1n) is 6.62. The Morgan fingerprint density at radius 2 is 1.95 bits per heavy atom. The van der Waals surface area contributed by atoms with Crippen LogP contribution in [0.3, 0.4) is 0 Å². The molecule has 1 aromatic heterocycles. The predicted molar refractivity (Wildman–Crippen MR) is 76.2 cm³/mol. The first-order valence-corrected chi connectivity index (χ1v) is 6.62. The average molecular weight is 302 g/mol. The lowest BCUT2D eigenvalue weighted by Crippen LogP contribution is -2.31. The first kappa shape index (κ1) is 14.1. The van der Waals surface area contributed by atoms with Crippen LogP contribution >= 0.6 is 0 Å². The van der Waals surface area contributed by atoms with Gasteiger partial charge in [0.25, 0.3) is 0 Å². The van der Waals surface area contributed by atoms with Gasteiger partial charge < -0.3 is 5.32 Å². The fourth-order valence-electron chi connectivity index (χ4n) is 2.19. The van der Waals surface area contributed by atoms with Crippen molar-refractivity contribution in [3.8, 4) is 0 Å². The first-order chi connectivity index (χ1) is 10.6. The number of carbonyl (C=O) groups excluding carboxylic acids is 1. The second-order valence-electron chi connectivity index (χ2n) is 4.84. The van der Waals surface area contributed by atoms with Crippen LogP contribution in [0.25, 0.3) is 11.0 Å². The van der Waals surface area contributed by atoms with Crippen LogP contribution in [-0.2, 0) is 0 Å². The van der Waals surface area contributed by atoms with Gasteiger partial charge in [0.1, 0.15) is 16.9 Å². The SMILES string of the molecule is CC(NC(=O)n1nnc2cc(F)cc(F)c21)c1ccccc1. The second-order valence-corrected chi connectivity index (χ2v) is 4.84. The molecular weight excluding hydrogens is 290 g/mol. The van der Waals surface area contributed by atoms with Gasteiger partial charge in [-0.2, -0.15) is 4.68 Å². The molecule has 2 aromatic carbocycles. The van der Waals surface area contributed by atoms with Gasteiger partial charge in [0.05, 0.1) is 6.04 Å². The molecule has 1 amide bonds. The maximum absolute atomic E-state index is 13.8. The summed E-state index contributed by atoms with van der Waals surface area (Å²) >= 11 is 0. The van der Waals surface area contributed by atoms with E-state index in [9.17, 15) is 13.6 Å². The number of halogens is 2. The Balaban J connectivity index is 1.90. The summed E-state index contributed by atoms with van der Waals surface area (Å²) in [4.78, 5) is 12.2. The molecule has 1 heterocycles. The lowest BCUT2D eigenvalue weighted by atomic mass is 10.1. The number of rotatable bonds is 2. The molecule has 0 aliphatic carbocycles. The lowest BCUT2D eigenvalue weighted by molar-refractivity contribution is 0.237. The molecule has 22 heavy (non-hydrogen) atoms. The van der Waals surface area contributed by atoms with Gasteiger partial charge >= 0.3 is 6.03 Å². The molecule has 0 bridgehead atoms. The minimum Gasteiger partial charge on any atom is -0.330 e. The highest BCUT2D eigenvalue weighted by atomic mass is 19.1. The third kappa shape index (κ3) is 2.52. The molecule has 0 spiro atoms. The predicted octanol–water partition coefficient (Wildman–Crippen LogP) is 3.03. The standard InChI is InChI=1S/C15H12F2N4O/c1-9(10-5-3-2-4-6-10)18-15(22)21-14-12(17)7-11(16)8-13(14)19-20-21/h2-9H,1H3,(H,18,22). The van der Waals surface area contributed by atoms with Gasteiger partial charge in [0.2, 0.25) is 0 Å². The summed E-state index contributed by atoms with van der Waals surface area (Å²) in [7, 11) is 0. The van der Waals surface area contributed by atoms with E-state index in [1.54, 1.807) is 6.92 Å². The number of aromatic nitrogens is 3. The molecule has 0 saturated heterocycles. The second kappa shape index (κ2) is 5.51. The zero-order valence-electron chi connectivity index (χ0n) is 11.6. The summed E-state index contributed by atoms with van der Waals surface area (Å²) < 4.78 is 27.8.